The quantitative estimate of drug-likeness (QED) is 0.672. The summed E-state index contributed by atoms with van der Waals surface area (Å²) in [5, 5.41) is 12.0. The molecule has 0 aliphatic rings. The number of nitrogens with zero attached hydrogens (tertiary/aromatic N) is 1. The summed E-state index contributed by atoms with van der Waals surface area (Å²) < 4.78 is 5.35. The first-order valence-corrected chi connectivity index (χ1v) is 7.35. The van der Waals surface area contributed by atoms with Crippen LogP contribution in [-0.2, 0) is 4.79 Å². The van der Waals surface area contributed by atoms with Gasteiger partial charge < -0.3 is 10.1 Å². The van der Waals surface area contributed by atoms with Gasteiger partial charge in [0.2, 0.25) is 0 Å². The lowest BCUT2D eigenvalue weighted by Gasteiger charge is -2.07. The molecule has 2 aromatic carbocycles. The summed E-state index contributed by atoms with van der Waals surface area (Å²) in [4.78, 5) is 12.2. The van der Waals surface area contributed by atoms with Gasteiger partial charge >= 0.3 is 0 Å². The zero-order valence-electron chi connectivity index (χ0n) is 13.2. The lowest BCUT2D eigenvalue weighted by Crippen LogP contribution is -2.13. The summed E-state index contributed by atoms with van der Waals surface area (Å²) in [6, 6.07) is 16.6. The number of ether oxygens (including phenoxy) is 1. The van der Waals surface area contributed by atoms with Crippen LogP contribution in [0.3, 0.4) is 0 Å². The maximum absolute atomic E-state index is 12.2. The first-order chi connectivity index (χ1) is 11.1. The molecule has 0 atom stereocenters. The number of carbonyl (C=O) groups is 1. The van der Waals surface area contributed by atoms with Gasteiger partial charge in [0.1, 0.15) is 17.4 Å². The average Bonchev–Trinajstić information content (AvgIpc) is 2.56. The van der Waals surface area contributed by atoms with Gasteiger partial charge in [-0.1, -0.05) is 24.3 Å². The van der Waals surface area contributed by atoms with E-state index in [1.54, 1.807) is 30.3 Å². The lowest BCUT2D eigenvalue weighted by atomic mass is 10.1. The van der Waals surface area contributed by atoms with Gasteiger partial charge in [-0.05, 0) is 55.3 Å². The van der Waals surface area contributed by atoms with Gasteiger partial charge in [-0.15, -0.1) is 0 Å². The molecule has 0 bridgehead atoms. The molecular formula is C19H18N2O2. The third kappa shape index (κ3) is 4.45. The molecule has 0 radical (unpaired) electrons. The second-order valence-electron chi connectivity index (χ2n) is 4.94. The monoisotopic (exact) mass is 306 g/mol. The van der Waals surface area contributed by atoms with E-state index in [1.807, 2.05) is 44.2 Å². The maximum Gasteiger partial charge on any atom is 0.266 e. The predicted molar refractivity (Wildman–Crippen MR) is 91.0 cm³/mol. The van der Waals surface area contributed by atoms with E-state index in [0.717, 1.165) is 16.9 Å². The molecule has 1 N–H and O–H groups in total. The SMILES string of the molecule is CCOc1ccc(NC(=O)/C(C#N)=C\c2ccccc2C)cc1. The number of amides is 1. The molecule has 0 saturated carbocycles. The zero-order valence-corrected chi connectivity index (χ0v) is 13.2. The van der Waals surface area contributed by atoms with Crippen LogP contribution in [0.4, 0.5) is 5.69 Å². The van der Waals surface area contributed by atoms with Crippen LogP contribution in [-0.4, -0.2) is 12.5 Å². The van der Waals surface area contributed by atoms with Crippen LogP contribution in [0.2, 0.25) is 0 Å². The number of benzene rings is 2. The fourth-order valence-corrected chi connectivity index (χ4v) is 2.05. The highest BCUT2D eigenvalue weighted by Crippen LogP contribution is 2.17. The molecule has 2 rings (SSSR count). The number of aryl methyl sites for hydroxylation is 1. The Morgan fingerprint density at radius 1 is 1.22 bits per heavy atom. The highest BCUT2D eigenvalue weighted by molar-refractivity contribution is 6.09. The van der Waals surface area contributed by atoms with Gasteiger partial charge in [0.15, 0.2) is 0 Å². The minimum absolute atomic E-state index is 0.0631. The number of nitriles is 1. The molecular weight excluding hydrogens is 288 g/mol. The van der Waals surface area contributed by atoms with Crippen LogP contribution >= 0.6 is 0 Å². The van der Waals surface area contributed by atoms with E-state index in [-0.39, 0.29) is 5.57 Å². The van der Waals surface area contributed by atoms with Crippen molar-refractivity contribution in [2.24, 2.45) is 0 Å². The van der Waals surface area contributed by atoms with Crippen LogP contribution in [0, 0.1) is 18.3 Å². The van der Waals surface area contributed by atoms with Crippen LogP contribution in [0.25, 0.3) is 6.08 Å². The number of carbonyl (C=O) groups excluding carboxylic acids is 1. The zero-order chi connectivity index (χ0) is 16.7. The molecule has 4 heteroatoms. The Morgan fingerprint density at radius 3 is 2.52 bits per heavy atom. The van der Waals surface area contributed by atoms with Gasteiger partial charge in [-0.25, -0.2) is 0 Å². The smallest absolute Gasteiger partial charge is 0.266 e. The summed E-state index contributed by atoms with van der Waals surface area (Å²) in [7, 11) is 0. The van der Waals surface area contributed by atoms with Gasteiger partial charge in [0.05, 0.1) is 6.61 Å². The van der Waals surface area contributed by atoms with Crippen molar-refractivity contribution in [3.8, 4) is 11.8 Å². The largest absolute Gasteiger partial charge is 0.494 e. The normalized spacial score (nSPS) is 10.7. The average molecular weight is 306 g/mol. The molecule has 0 unspecified atom stereocenters. The Bertz CT molecular complexity index is 756. The summed E-state index contributed by atoms with van der Waals surface area (Å²) in [5.74, 6) is 0.307. The molecule has 0 aliphatic carbocycles. The van der Waals surface area contributed by atoms with Crippen molar-refractivity contribution in [1.29, 1.82) is 5.26 Å². The van der Waals surface area contributed by atoms with Crippen molar-refractivity contribution < 1.29 is 9.53 Å². The Morgan fingerprint density at radius 2 is 1.91 bits per heavy atom. The Labute approximate surface area is 136 Å². The van der Waals surface area contributed by atoms with Crippen LogP contribution in [0.1, 0.15) is 18.1 Å². The lowest BCUT2D eigenvalue weighted by molar-refractivity contribution is -0.112. The molecule has 0 spiro atoms. The topological polar surface area (TPSA) is 62.1 Å². The third-order valence-corrected chi connectivity index (χ3v) is 3.28. The third-order valence-electron chi connectivity index (χ3n) is 3.28. The van der Waals surface area contributed by atoms with Crippen molar-refractivity contribution in [2.45, 2.75) is 13.8 Å². The van der Waals surface area contributed by atoms with Gasteiger partial charge in [0.25, 0.3) is 5.91 Å². The predicted octanol–water partition coefficient (Wildman–Crippen LogP) is 3.94. The fraction of sp³-hybridized carbons (Fsp3) is 0.158. The molecule has 1 amide bonds. The van der Waals surface area contributed by atoms with Gasteiger partial charge in [-0.2, -0.15) is 5.26 Å². The van der Waals surface area contributed by atoms with E-state index in [1.165, 1.54) is 0 Å². The highest BCUT2D eigenvalue weighted by Gasteiger charge is 2.10. The van der Waals surface area contributed by atoms with E-state index in [2.05, 4.69) is 5.32 Å². The summed E-state index contributed by atoms with van der Waals surface area (Å²) in [6.45, 7) is 4.43. The van der Waals surface area contributed by atoms with Gasteiger partial charge in [0, 0.05) is 5.69 Å². The van der Waals surface area contributed by atoms with Crippen molar-refractivity contribution in [1.82, 2.24) is 0 Å². The molecule has 116 valence electrons. The number of hydrogen-bond donors (Lipinski definition) is 1. The van der Waals surface area contributed by atoms with Crippen molar-refractivity contribution in [3.63, 3.8) is 0 Å². The van der Waals surface area contributed by atoms with Gasteiger partial charge in [-0.3, -0.25) is 4.79 Å². The molecule has 0 heterocycles. The summed E-state index contributed by atoms with van der Waals surface area (Å²) >= 11 is 0. The molecule has 0 saturated heterocycles. The molecule has 0 aromatic heterocycles. The second kappa shape index (κ2) is 7.81. The molecule has 4 nitrogen and oxygen atoms in total. The van der Waals surface area contributed by atoms with Crippen LogP contribution in [0.15, 0.2) is 54.1 Å². The molecule has 0 aliphatic heterocycles. The standard InChI is InChI=1S/C19H18N2O2/c1-3-23-18-10-8-17(9-11-18)21-19(22)16(13-20)12-15-7-5-4-6-14(15)2/h4-12H,3H2,1-2H3,(H,21,22)/b16-12-. The Balaban J connectivity index is 2.14. The number of rotatable bonds is 5. The van der Waals surface area contributed by atoms with Crippen LogP contribution < -0.4 is 10.1 Å². The van der Waals surface area contributed by atoms with E-state index >= 15 is 0 Å². The van der Waals surface area contributed by atoms with E-state index < -0.39 is 5.91 Å². The van der Waals surface area contributed by atoms with Crippen molar-refractivity contribution >= 4 is 17.7 Å². The van der Waals surface area contributed by atoms with E-state index in [4.69, 9.17) is 4.74 Å². The Kier molecular flexibility index (Phi) is 5.54. The first kappa shape index (κ1) is 16.3. The van der Waals surface area contributed by atoms with Crippen molar-refractivity contribution in [2.75, 3.05) is 11.9 Å². The summed E-state index contributed by atoms with van der Waals surface area (Å²) in [5.41, 5.74) is 2.54. The van der Waals surface area contributed by atoms with E-state index in [0.29, 0.717) is 12.3 Å². The molecule has 0 fully saturated rings. The van der Waals surface area contributed by atoms with Crippen LogP contribution in [0.5, 0.6) is 5.75 Å². The fourth-order valence-electron chi connectivity index (χ4n) is 2.05. The minimum Gasteiger partial charge on any atom is -0.494 e. The molecule has 2 aromatic rings. The summed E-state index contributed by atoms with van der Waals surface area (Å²) in [6.07, 6.45) is 1.60. The maximum atomic E-state index is 12.2. The van der Waals surface area contributed by atoms with Crippen molar-refractivity contribution in [3.05, 3.63) is 65.2 Å². The minimum atomic E-state index is -0.431. The van der Waals surface area contributed by atoms with E-state index in [9.17, 15) is 10.1 Å². The second-order valence-corrected chi connectivity index (χ2v) is 4.94. The molecule has 23 heavy (non-hydrogen) atoms. The highest BCUT2D eigenvalue weighted by atomic mass is 16.5. The number of anilines is 1. The Hall–Kier alpha value is -3.06. The first-order valence-electron chi connectivity index (χ1n) is 7.35. The number of nitrogens with one attached hydrogen (secondary N) is 1. The number of hydrogen-bond acceptors (Lipinski definition) is 3.